The number of hydrogen-bond donors (Lipinski definition) is 0. The highest BCUT2D eigenvalue weighted by molar-refractivity contribution is 6.42. The molecule has 0 saturated carbocycles. The van der Waals surface area contributed by atoms with Crippen LogP contribution in [0.3, 0.4) is 0 Å². The molecule has 5 rings (SSSR count). The molecule has 0 bridgehead atoms. The van der Waals surface area contributed by atoms with Crippen LogP contribution in [0.15, 0.2) is 60.7 Å². The van der Waals surface area contributed by atoms with E-state index in [0.29, 0.717) is 28.6 Å². The first-order valence-electron chi connectivity index (χ1n) is 10.9. The van der Waals surface area contributed by atoms with E-state index in [-0.39, 0.29) is 21.8 Å². The zero-order chi connectivity index (χ0) is 25.7. The van der Waals surface area contributed by atoms with Gasteiger partial charge in [-0.15, -0.1) is 0 Å². The molecule has 11 heteroatoms. The van der Waals surface area contributed by atoms with Crippen LogP contribution in [0.25, 0.3) is 0 Å². The zero-order valence-electron chi connectivity index (χ0n) is 18.7. The topological polar surface area (TPSA) is 110 Å². The van der Waals surface area contributed by atoms with Gasteiger partial charge in [0.1, 0.15) is 11.8 Å². The predicted octanol–water partition coefficient (Wildman–Crippen LogP) is 5.05. The number of carbonyl (C=O) groups is 3. The fraction of sp³-hybridized carbons (Fsp3) is 0.160. The van der Waals surface area contributed by atoms with Crippen molar-refractivity contribution in [3.8, 4) is 5.75 Å². The maximum Gasteiger partial charge on any atom is 0.270 e. The summed E-state index contributed by atoms with van der Waals surface area (Å²) in [5, 5.41) is 11.7. The van der Waals surface area contributed by atoms with Gasteiger partial charge >= 0.3 is 0 Å². The number of benzene rings is 3. The SMILES string of the molecule is CCOc1ccc(C2C(N3C(=O)c4ccc([N+](=O)[O-])cc4C3=O)C(=O)N2c2ccc(Cl)c(Cl)c2)cc1. The minimum Gasteiger partial charge on any atom is -0.494 e. The van der Waals surface area contributed by atoms with Crippen molar-refractivity contribution in [3.63, 3.8) is 0 Å². The molecule has 2 aliphatic rings. The molecular weight excluding hydrogens is 509 g/mol. The summed E-state index contributed by atoms with van der Waals surface area (Å²) in [6.07, 6.45) is 0. The van der Waals surface area contributed by atoms with Gasteiger partial charge in [0.05, 0.1) is 38.7 Å². The molecular formula is C25H17Cl2N3O6. The average molecular weight is 526 g/mol. The van der Waals surface area contributed by atoms with Gasteiger partial charge < -0.3 is 9.64 Å². The second-order valence-electron chi connectivity index (χ2n) is 8.17. The first-order valence-corrected chi connectivity index (χ1v) is 11.7. The van der Waals surface area contributed by atoms with Crippen molar-refractivity contribution in [1.29, 1.82) is 0 Å². The summed E-state index contributed by atoms with van der Waals surface area (Å²) < 4.78 is 5.50. The first-order chi connectivity index (χ1) is 17.2. The van der Waals surface area contributed by atoms with E-state index in [1.165, 1.54) is 17.0 Å². The highest BCUT2D eigenvalue weighted by Gasteiger charge is 2.57. The number of nitro benzene ring substituents is 1. The fourth-order valence-electron chi connectivity index (χ4n) is 4.52. The van der Waals surface area contributed by atoms with Crippen LogP contribution in [0.4, 0.5) is 11.4 Å². The van der Waals surface area contributed by atoms with Gasteiger partial charge in [0.25, 0.3) is 23.4 Å². The summed E-state index contributed by atoms with van der Waals surface area (Å²) in [5.74, 6) is -1.33. The quantitative estimate of drug-likeness (QED) is 0.192. The predicted molar refractivity (Wildman–Crippen MR) is 132 cm³/mol. The highest BCUT2D eigenvalue weighted by Crippen LogP contribution is 2.45. The lowest BCUT2D eigenvalue weighted by atomic mass is 9.86. The smallest absolute Gasteiger partial charge is 0.270 e. The Balaban J connectivity index is 1.57. The van der Waals surface area contributed by atoms with E-state index in [4.69, 9.17) is 27.9 Å². The number of carbonyl (C=O) groups excluding carboxylic acids is 3. The standard InChI is InChI=1S/C25H17Cl2N3O6/c1-2-36-16-7-3-13(4-8-16)21-22(25(33)28(21)14-6-10-19(26)20(27)12-14)29-23(31)17-9-5-15(30(34)35)11-18(17)24(29)32/h3-12,21-22H,2H2,1H3. The Morgan fingerprint density at radius 3 is 2.19 bits per heavy atom. The van der Waals surface area contributed by atoms with Crippen LogP contribution in [-0.2, 0) is 4.79 Å². The molecule has 9 nitrogen and oxygen atoms in total. The Morgan fingerprint density at radius 1 is 0.861 bits per heavy atom. The van der Waals surface area contributed by atoms with Crippen molar-refractivity contribution in [2.24, 2.45) is 0 Å². The maximum absolute atomic E-state index is 13.5. The van der Waals surface area contributed by atoms with Crippen molar-refractivity contribution in [1.82, 2.24) is 4.90 Å². The molecule has 182 valence electrons. The molecule has 2 atom stereocenters. The second-order valence-corrected chi connectivity index (χ2v) is 8.98. The van der Waals surface area contributed by atoms with E-state index in [1.54, 1.807) is 36.4 Å². The molecule has 3 aromatic rings. The summed E-state index contributed by atoms with van der Waals surface area (Å²) >= 11 is 12.2. The van der Waals surface area contributed by atoms with E-state index in [9.17, 15) is 24.5 Å². The minimum atomic E-state index is -1.16. The average Bonchev–Trinajstić information content (AvgIpc) is 3.10. The fourth-order valence-corrected chi connectivity index (χ4v) is 4.81. The highest BCUT2D eigenvalue weighted by atomic mass is 35.5. The molecule has 1 saturated heterocycles. The third-order valence-electron chi connectivity index (χ3n) is 6.17. The van der Waals surface area contributed by atoms with Crippen molar-refractivity contribution in [2.45, 2.75) is 19.0 Å². The van der Waals surface area contributed by atoms with Crippen molar-refractivity contribution in [3.05, 3.63) is 97.5 Å². The molecule has 3 aromatic carbocycles. The van der Waals surface area contributed by atoms with Gasteiger partial charge in [0, 0.05) is 17.8 Å². The normalized spacial score (nSPS) is 18.8. The summed E-state index contributed by atoms with van der Waals surface area (Å²) in [4.78, 5) is 52.9. The minimum absolute atomic E-state index is 0.0110. The number of halogens is 2. The number of imide groups is 1. The Morgan fingerprint density at radius 2 is 1.56 bits per heavy atom. The lowest BCUT2D eigenvalue weighted by Gasteiger charge is -2.49. The third kappa shape index (κ3) is 3.68. The molecule has 0 aromatic heterocycles. The van der Waals surface area contributed by atoms with Crippen LogP contribution in [0, 0.1) is 10.1 Å². The molecule has 2 heterocycles. The van der Waals surface area contributed by atoms with Crippen LogP contribution < -0.4 is 9.64 Å². The van der Waals surface area contributed by atoms with Crippen LogP contribution in [0.1, 0.15) is 39.2 Å². The van der Waals surface area contributed by atoms with Gasteiger partial charge in [-0.3, -0.25) is 29.4 Å². The number of amides is 3. The number of non-ortho nitro benzene ring substituents is 1. The number of rotatable bonds is 6. The summed E-state index contributed by atoms with van der Waals surface area (Å²) in [5.41, 5.74) is 0.669. The summed E-state index contributed by atoms with van der Waals surface area (Å²) in [6, 6.07) is 13.2. The maximum atomic E-state index is 13.5. The Hall–Kier alpha value is -3.95. The van der Waals surface area contributed by atoms with Crippen molar-refractivity contribution in [2.75, 3.05) is 11.5 Å². The molecule has 0 radical (unpaired) electrons. The molecule has 36 heavy (non-hydrogen) atoms. The van der Waals surface area contributed by atoms with Gasteiger partial charge in [-0.1, -0.05) is 35.3 Å². The molecule has 2 aliphatic heterocycles. The largest absolute Gasteiger partial charge is 0.494 e. The summed E-state index contributed by atoms with van der Waals surface area (Å²) in [6.45, 7) is 2.33. The Bertz CT molecular complexity index is 1440. The molecule has 0 spiro atoms. The number of nitro groups is 1. The zero-order valence-corrected chi connectivity index (χ0v) is 20.2. The number of fused-ring (bicyclic) bond motifs is 1. The van der Waals surface area contributed by atoms with E-state index < -0.39 is 34.7 Å². The molecule has 0 aliphatic carbocycles. The number of nitrogens with zero attached hydrogens (tertiary/aromatic N) is 3. The number of hydrogen-bond acceptors (Lipinski definition) is 6. The van der Waals surface area contributed by atoms with Gasteiger partial charge in [-0.05, 0) is 48.9 Å². The van der Waals surface area contributed by atoms with Gasteiger partial charge in [0.2, 0.25) is 0 Å². The van der Waals surface area contributed by atoms with Crippen molar-refractivity contribution >= 4 is 52.3 Å². The van der Waals surface area contributed by atoms with Crippen LogP contribution in [0.2, 0.25) is 10.0 Å². The lowest BCUT2D eigenvalue weighted by molar-refractivity contribution is -0.384. The van der Waals surface area contributed by atoms with Crippen LogP contribution >= 0.6 is 23.2 Å². The van der Waals surface area contributed by atoms with E-state index in [1.807, 2.05) is 6.92 Å². The molecule has 0 N–H and O–H groups in total. The summed E-state index contributed by atoms with van der Waals surface area (Å²) in [7, 11) is 0. The number of anilines is 1. The van der Waals surface area contributed by atoms with Crippen LogP contribution in [-0.4, -0.2) is 40.2 Å². The third-order valence-corrected chi connectivity index (χ3v) is 6.91. The van der Waals surface area contributed by atoms with E-state index in [2.05, 4.69) is 0 Å². The molecule has 2 unspecified atom stereocenters. The van der Waals surface area contributed by atoms with Gasteiger partial charge in [-0.25, -0.2) is 0 Å². The Labute approximate surface area is 214 Å². The Kier molecular flexibility index (Phi) is 5.89. The van der Waals surface area contributed by atoms with E-state index >= 15 is 0 Å². The van der Waals surface area contributed by atoms with Gasteiger partial charge in [0.15, 0.2) is 0 Å². The number of β-lactam (4-membered cyclic amide) rings is 1. The van der Waals surface area contributed by atoms with Crippen LogP contribution in [0.5, 0.6) is 5.75 Å². The monoisotopic (exact) mass is 525 g/mol. The second kappa shape index (κ2) is 8.92. The molecule has 1 fully saturated rings. The van der Waals surface area contributed by atoms with Gasteiger partial charge in [-0.2, -0.15) is 0 Å². The van der Waals surface area contributed by atoms with Crippen molar-refractivity contribution < 1.29 is 24.0 Å². The lowest BCUT2D eigenvalue weighted by Crippen LogP contribution is -2.67. The first kappa shape index (κ1) is 23.8. The van der Waals surface area contributed by atoms with E-state index in [0.717, 1.165) is 17.0 Å². The number of ether oxygens (including phenoxy) is 1. The molecule has 3 amide bonds.